The Kier molecular flexibility index (Phi) is 9.93. The molecule has 8 rings (SSSR count). The van der Waals surface area contributed by atoms with Crippen molar-refractivity contribution in [2.24, 2.45) is 0 Å². The molecule has 6 aromatic rings. The molecule has 12 heteroatoms. The van der Waals surface area contributed by atoms with Gasteiger partial charge in [0, 0.05) is 71.2 Å². The van der Waals surface area contributed by atoms with Crippen LogP contribution in [0.3, 0.4) is 0 Å². The van der Waals surface area contributed by atoms with Gasteiger partial charge in [-0.2, -0.15) is 0 Å². The zero-order valence-corrected chi connectivity index (χ0v) is 29.4. The van der Waals surface area contributed by atoms with Crippen LogP contribution in [0.2, 0.25) is 0 Å². The lowest BCUT2D eigenvalue weighted by Gasteiger charge is -2.31. The summed E-state index contributed by atoms with van der Waals surface area (Å²) in [6, 6.07) is 31.1. The van der Waals surface area contributed by atoms with Gasteiger partial charge in [-0.1, -0.05) is 60.7 Å². The lowest BCUT2D eigenvalue weighted by atomic mass is 9.89. The highest BCUT2D eigenvalue weighted by Gasteiger charge is 2.37. The fraction of sp³-hybridized carbons (Fsp3) is 0.238. The Morgan fingerprint density at radius 1 is 0.611 bits per heavy atom. The Labute approximate surface area is 311 Å². The zero-order valence-electron chi connectivity index (χ0n) is 29.4. The molecule has 6 N–H and O–H groups in total. The maximum atomic E-state index is 13.7. The van der Waals surface area contributed by atoms with Crippen LogP contribution in [0, 0.1) is 0 Å². The SMILES string of the molecule is O=CNc1ccc2[nH]c3c(c2c1)CC(NCc1ccccc1)CC3OC(=O)C(=O)OC1CC(NCc2ccccc2)Cc2c1[nH]c1ccc(NC=O)cc21. The van der Waals surface area contributed by atoms with E-state index in [1.54, 1.807) is 12.1 Å². The van der Waals surface area contributed by atoms with E-state index in [9.17, 15) is 19.2 Å². The summed E-state index contributed by atoms with van der Waals surface area (Å²) in [7, 11) is 0. The maximum Gasteiger partial charge on any atom is 0.418 e. The second-order valence-electron chi connectivity index (χ2n) is 13.9. The summed E-state index contributed by atoms with van der Waals surface area (Å²) in [5.74, 6) is -2.16. The predicted octanol–water partition coefficient (Wildman–Crippen LogP) is 5.86. The lowest BCUT2D eigenvalue weighted by molar-refractivity contribution is -0.176. The van der Waals surface area contributed by atoms with E-state index < -0.39 is 24.1 Å². The molecule has 2 aliphatic rings. The quantitative estimate of drug-likeness (QED) is 0.0519. The summed E-state index contributed by atoms with van der Waals surface area (Å²) < 4.78 is 12.0. The average molecular weight is 725 g/mol. The second-order valence-corrected chi connectivity index (χ2v) is 13.9. The molecule has 0 radical (unpaired) electrons. The van der Waals surface area contributed by atoms with Crippen LogP contribution in [0.1, 0.15) is 58.7 Å². The van der Waals surface area contributed by atoms with Crippen molar-refractivity contribution in [1.29, 1.82) is 0 Å². The molecule has 0 fully saturated rings. The molecule has 4 unspecified atom stereocenters. The van der Waals surface area contributed by atoms with E-state index in [-0.39, 0.29) is 12.1 Å². The minimum absolute atomic E-state index is 0.0736. The number of carbonyl (C=O) groups excluding carboxylic acids is 4. The van der Waals surface area contributed by atoms with Crippen LogP contribution in [0.25, 0.3) is 21.8 Å². The van der Waals surface area contributed by atoms with Crippen LogP contribution < -0.4 is 21.3 Å². The van der Waals surface area contributed by atoms with Crippen molar-refractivity contribution in [2.45, 2.75) is 63.1 Å². The summed E-state index contributed by atoms with van der Waals surface area (Å²) in [5.41, 5.74) is 8.53. The van der Waals surface area contributed by atoms with Gasteiger partial charge in [-0.25, -0.2) is 9.59 Å². The van der Waals surface area contributed by atoms with Crippen molar-refractivity contribution in [3.8, 4) is 0 Å². The van der Waals surface area contributed by atoms with Crippen molar-refractivity contribution >= 4 is 57.9 Å². The molecule has 0 saturated heterocycles. The van der Waals surface area contributed by atoms with Crippen molar-refractivity contribution in [1.82, 2.24) is 20.6 Å². The average Bonchev–Trinajstić information content (AvgIpc) is 3.75. The highest BCUT2D eigenvalue weighted by molar-refractivity contribution is 6.29. The van der Waals surface area contributed by atoms with Gasteiger partial charge in [0.25, 0.3) is 0 Å². The summed E-state index contributed by atoms with van der Waals surface area (Å²) in [5, 5.41) is 14.4. The first-order chi connectivity index (χ1) is 26.4. The number of H-pyrrole nitrogens is 2. The van der Waals surface area contributed by atoms with Crippen molar-refractivity contribution < 1.29 is 28.7 Å². The molecule has 0 spiro atoms. The van der Waals surface area contributed by atoms with Gasteiger partial charge in [-0.3, -0.25) is 9.59 Å². The molecular formula is C42H40N6O6. The molecule has 2 heterocycles. The molecule has 274 valence electrons. The van der Waals surface area contributed by atoms with Crippen LogP contribution in [-0.2, 0) is 54.6 Å². The molecule has 2 aliphatic carbocycles. The number of hydrogen-bond donors (Lipinski definition) is 6. The Morgan fingerprint density at radius 2 is 1.04 bits per heavy atom. The number of carbonyl (C=O) groups is 4. The molecule has 0 saturated carbocycles. The number of fused-ring (bicyclic) bond motifs is 6. The zero-order chi connectivity index (χ0) is 37.0. The number of nitrogens with one attached hydrogen (secondary N) is 6. The number of aromatic amines is 2. The van der Waals surface area contributed by atoms with Gasteiger partial charge < -0.3 is 40.7 Å². The fourth-order valence-electron chi connectivity index (χ4n) is 7.85. The Balaban J connectivity index is 1.04. The van der Waals surface area contributed by atoms with Gasteiger partial charge >= 0.3 is 11.9 Å². The van der Waals surface area contributed by atoms with Crippen LogP contribution in [0.4, 0.5) is 11.4 Å². The van der Waals surface area contributed by atoms with Gasteiger partial charge in [-0.05, 0) is 71.5 Å². The van der Waals surface area contributed by atoms with Crippen molar-refractivity contribution in [3.05, 3.63) is 131 Å². The Morgan fingerprint density at radius 3 is 1.44 bits per heavy atom. The molecule has 2 aromatic heterocycles. The predicted molar refractivity (Wildman–Crippen MR) is 204 cm³/mol. The topological polar surface area (TPSA) is 166 Å². The standard InChI is InChI=1S/C42H40N6O6/c49-23-45-27-11-13-35-31(15-27)33-17-29(43-21-25-7-3-1-4-8-25)19-37(39(33)47-35)53-41(51)42(52)54-38-20-30(44-22-26-9-5-2-6-10-26)18-34-32-16-28(46-24-50)12-14-36(32)48-40(34)38/h1-16,23-24,29-30,37-38,43-44,47-48H,17-22H2,(H,45,49)(H,46,50). The third-order valence-electron chi connectivity index (χ3n) is 10.4. The summed E-state index contributed by atoms with van der Waals surface area (Å²) >= 11 is 0. The lowest BCUT2D eigenvalue weighted by Crippen LogP contribution is -2.38. The first-order valence-corrected chi connectivity index (χ1v) is 18.1. The molecule has 4 atom stereocenters. The van der Waals surface area contributed by atoms with Gasteiger partial charge in [0.05, 0.1) is 11.4 Å². The largest absolute Gasteiger partial charge is 0.447 e. The molecule has 0 bridgehead atoms. The molecule has 2 amide bonds. The highest BCUT2D eigenvalue weighted by atomic mass is 16.6. The normalized spacial score (nSPS) is 19.0. The number of benzene rings is 4. The van der Waals surface area contributed by atoms with Crippen LogP contribution in [0.15, 0.2) is 97.1 Å². The molecular weight excluding hydrogens is 684 g/mol. The van der Waals surface area contributed by atoms with Crippen LogP contribution in [-0.4, -0.2) is 46.8 Å². The van der Waals surface area contributed by atoms with E-state index in [0.717, 1.165) is 44.1 Å². The second kappa shape index (κ2) is 15.4. The van der Waals surface area contributed by atoms with E-state index in [1.165, 1.54) is 0 Å². The minimum Gasteiger partial charge on any atom is -0.447 e. The number of aromatic nitrogens is 2. The number of esters is 2. The fourth-order valence-corrected chi connectivity index (χ4v) is 7.85. The molecule has 4 aromatic carbocycles. The van der Waals surface area contributed by atoms with Gasteiger partial charge in [-0.15, -0.1) is 0 Å². The van der Waals surface area contributed by atoms with E-state index >= 15 is 0 Å². The van der Waals surface area contributed by atoms with E-state index in [2.05, 4.69) is 31.2 Å². The third-order valence-corrected chi connectivity index (χ3v) is 10.4. The van der Waals surface area contributed by atoms with Gasteiger partial charge in [0.15, 0.2) is 0 Å². The minimum atomic E-state index is -1.08. The first-order valence-electron chi connectivity index (χ1n) is 18.1. The molecule has 0 aliphatic heterocycles. The van der Waals surface area contributed by atoms with E-state index in [0.29, 0.717) is 74.4 Å². The van der Waals surface area contributed by atoms with Gasteiger partial charge in [0.2, 0.25) is 12.8 Å². The third kappa shape index (κ3) is 7.34. The van der Waals surface area contributed by atoms with Crippen molar-refractivity contribution in [2.75, 3.05) is 10.6 Å². The Bertz CT molecular complexity index is 2160. The number of rotatable bonds is 12. The number of ether oxygens (including phenoxy) is 2. The number of amides is 2. The number of anilines is 2. The van der Waals surface area contributed by atoms with Crippen molar-refractivity contribution in [3.63, 3.8) is 0 Å². The summed E-state index contributed by atoms with van der Waals surface area (Å²) in [4.78, 5) is 56.6. The van der Waals surface area contributed by atoms with Gasteiger partial charge in [0.1, 0.15) is 12.2 Å². The maximum absolute atomic E-state index is 13.7. The van der Waals surface area contributed by atoms with Crippen LogP contribution in [0.5, 0.6) is 0 Å². The molecule has 12 nitrogen and oxygen atoms in total. The number of hydrogen-bond acceptors (Lipinski definition) is 8. The van der Waals surface area contributed by atoms with E-state index in [1.807, 2.05) is 84.9 Å². The van der Waals surface area contributed by atoms with E-state index in [4.69, 9.17) is 9.47 Å². The monoisotopic (exact) mass is 724 g/mol. The molecule has 54 heavy (non-hydrogen) atoms. The summed E-state index contributed by atoms with van der Waals surface area (Å²) in [6.45, 7) is 1.23. The first kappa shape index (κ1) is 34.8. The highest BCUT2D eigenvalue weighted by Crippen LogP contribution is 2.40. The Hall–Kier alpha value is -6.24. The smallest absolute Gasteiger partial charge is 0.418 e. The summed E-state index contributed by atoms with van der Waals surface area (Å²) in [6.07, 6.45) is 1.93. The van der Waals surface area contributed by atoms with Crippen LogP contribution >= 0.6 is 0 Å².